The summed E-state index contributed by atoms with van der Waals surface area (Å²) in [7, 11) is 0. The van der Waals surface area contributed by atoms with E-state index in [0.29, 0.717) is 11.8 Å². The number of hydrogen-bond acceptors (Lipinski definition) is 3. The van der Waals surface area contributed by atoms with Crippen LogP contribution in [0.1, 0.15) is 44.4 Å². The molecule has 3 nitrogen and oxygen atoms in total. The second-order valence-electron chi connectivity index (χ2n) is 6.06. The highest BCUT2D eigenvalue weighted by atomic mass is 16.5. The van der Waals surface area contributed by atoms with E-state index in [-0.39, 0.29) is 0 Å². The molecule has 1 aliphatic rings. The lowest BCUT2D eigenvalue weighted by atomic mass is 9.85. The van der Waals surface area contributed by atoms with Gasteiger partial charge in [-0.15, -0.1) is 0 Å². The number of ether oxygens (including phenoxy) is 1. The first-order valence-corrected chi connectivity index (χ1v) is 8.15. The molecule has 3 heteroatoms. The third kappa shape index (κ3) is 4.85. The fourth-order valence-electron chi connectivity index (χ4n) is 2.67. The van der Waals surface area contributed by atoms with Crippen molar-refractivity contribution < 1.29 is 4.74 Å². The molecule has 1 aromatic heterocycles. The first kappa shape index (κ1) is 16.0. The van der Waals surface area contributed by atoms with E-state index >= 15 is 0 Å². The molecule has 1 N–H and O–H groups in total. The topological polar surface area (TPSA) is 34.1 Å². The molecule has 2 atom stereocenters. The van der Waals surface area contributed by atoms with Gasteiger partial charge in [0.1, 0.15) is 0 Å². The van der Waals surface area contributed by atoms with E-state index in [1.807, 2.05) is 6.07 Å². The van der Waals surface area contributed by atoms with E-state index < -0.39 is 0 Å². The SMILES string of the molecule is CCCNCc1ccc(OCC2CC=CCC2C)nc1C. The second kappa shape index (κ2) is 8.18. The lowest BCUT2D eigenvalue weighted by molar-refractivity contribution is 0.192. The molecule has 1 aromatic rings. The summed E-state index contributed by atoms with van der Waals surface area (Å²) in [6, 6.07) is 4.13. The second-order valence-corrected chi connectivity index (χ2v) is 6.06. The van der Waals surface area contributed by atoms with Gasteiger partial charge < -0.3 is 10.1 Å². The number of pyridine rings is 1. The first-order chi connectivity index (χ1) is 10.2. The quantitative estimate of drug-likeness (QED) is 0.611. The molecule has 0 amide bonds. The van der Waals surface area contributed by atoms with Crippen molar-refractivity contribution in [3.8, 4) is 5.88 Å². The number of hydrogen-bond donors (Lipinski definition) is 1. The standard InChI is InChI=1S/C18H28N2O/c1-4-11-19-12-16-9-10-18(20-15(16)3)21-13-17-8-6-5-7-14(17)2/h5-6,9-10,14,17,19H,4,7-8,11-13H2,1-3H3. The van der Waals surface area contributed by atoms with Crippen molar-refractivity contribution in [1.82, 2.24) is 10.3 Å². The van der Waals surface area contributed by atoms with Crippen LogP contribution >= 0.6 is 0 Å². The number of rotatable bonds is 7. The third-order valence-corrected chi connectivity index (χ3v) is 4.28. The Labute approximate surface area is 128 Å². The van der Waals surface area contributed by atoms with Crippen LogP contribution in [0, 0.1) is 18.8 Å². The average molecular weight is 288 g/mol. The number of nitrogens with zero attached hydrogens (tertiary/aromatic N) is 1. The van der Waals surface area contributed by atoms with Gasteiger partial charge in [-0.05, 0) is 50.1 Å². The fraction of sp³-hybridized carbons (Fsp3) is 0.611. The van der Waals surface area contributed by atoms with Crippen molar-refractivity contribution in [2.45, 2.75) is 46.6 Å². The molecule has 0 bridgehead atoms. The Morgan fingerprint density at radius 3 is 2.81 bits per heavy atom. The van der Waals surface area contributed by atoms with Crippen molar-refractivity contribution in [2.75, 3.05) is 13.2 Å². The fourth-order valence-corrected chi connectivity index (χ4v) is 2.67. The maximum atomic E-state index is 5.91. The zero-order chi connectivity index (χ0) is 15.1. The Morgan fingerprint density at radius 1 is 1.29 bits per heavy atom. The maximum Gasteiger partial charge on any atom is 0.213 e. The van der Waals surface area contributed by atoms with Crippen molar-refractivity contribution in [3.05, 3.63) is 35.5 Å². The van der Waals surface area contributed by atoms with Gasteiger partial charge in [0.25, 0.3) is 0 Å². The molecule has 0 saturated carbocycles. The molecule has 1 heterocycles. The Kier molecular flexibility index (Phi) is 6.24. The lowest BCUT2D eigenvalue weighted by Crippen LogP contribution is -2.21. The molecule has 2 unspecified atom stereocenters. The average Bonchev–Trinajstić information content (AvgIpc) is 2.49. The van der Waals surface area contributed by atoms with Crippen LogP contribution in [0.2, 0.25) is 0 Å². The summed E-state index contributed by atoms with van der Waals surface area (Å²) in [5.41, 5.74) is 2.32. The van der Waals surface area contributed by atoms with Gasteiger partial charge in [0, 0.05) is 18.3 Å². The molecular formula is C18H28N2O. The first-order valence-electron chi connectivity index (χ1n) is 8.15. The van der Waals surface area contributed by atoms with E-state index in [2.05, 4.69) is 49.3 Å². The molecule has 0 aliphatic heterocycles. The normalized spacial score (nSPS) is 21.5. The van der Waals surface area contributed by atoms with Gasteiger partial charge in [-0.1, -0.05) is 32.1 Å². The summed E-state index contributed by atoms with van der Waals surface area (Å²) in [4.78, 5) is 4.58. The minimum Gasteiger partial charge on any atom is -0.477 e. The van der Waals surface area contributed by atoms with Gasteiger partial charge in [-0.3, -0.25) is 0 Å². The van der Waals surface area contributed by atoms with Crippen LogP contribution in [0.15, 0.2) is 24.3 Å². The highest BCUT2D eigenvalue weighted by molar-refractivity contribution is 5.24. The van der Waals surface area contributed by atoms with E-state index in [1.54, 1.807) is 0 Å². The van der Waals surface area contributed by atoms with Crippen LogP contribution in [-0.4, -0.2) is 18.1 Å². The Bertz CT molecular complexity index is 470. The molecule has 116 valence electrons. The molecule has 0 aromatic carbocycles. The van der Waals surface area contributed by atoms with Crippen LogP contribution < -0.4 is 10.1 Å². The monoisotopic (exact) mass is 288 g/mol. The predicted octanol–water partition coefficient (Wildman–Crippen LogP) is 3.87. The van der Waals surface area contributed by atoms with Crippen LogP contribution in [0.3, 0.4) is 0 Å². The summed E-state index contributed by atoms with van der Waals surface area (Å²) in [5, 5.41) is 3.41. The Morgan fingerprint density at radius 2 is 2.10 bits per heavy atom. The van der Waals surface area contributed by atoms with E-state index in [1.165, 1.54) is 12.0 Å². The lowest BCUT2D eigenvalue weighted by Gasteiger charge is -2.25. The highest BCUT2D eigenvalue weighted by Crippen LogP contribution is 2.25. The summed E-state index contributed by atoms with van der Waals surface area (Å²) in [6.07, 6.45) is 8.00. The predicted molar refractivity (Wildman–Crippen MR) is 87.5 cm³/mol. The van der Waals surface area contributed by atoms with Crippen molar-refractivity contribution in [1.29, 1.82) is 0 Å². The smallest absolute Gasteiger partial charge is 0.213 e. The zero-order valence-electron chi connectivity index (χ0n) is 13.6. The summed E-state index contributed by atoms with van der Waals surface area (Å²) in [6.45, 7) is 9.24. The summed E-state index contributed by atoms with van der Waals surface area (Å²) >= 11 is 0. The van der Waals surface area contributed by atoms with Gasteiger partial charge in [0.2, 0.25) is 5.88 Å². The molecule has 0 fully saturated rings. The van der Waals surface area contributed by atoms with E-state index in [4.69, 9.17) is 4.74 Å². The van der Waals surface area contributed by atoms with Gasteiger partial charge in [-0.2, -0.15) is 0 Å². The molecule has 2 rings (SSSR count). The zero-order valence-corrected chi connectivity index (χ0v) is 13.6. The number of nitrogens with one attached hydrogen (secondary N) is 1. The van der Waals surface area contributed by atoms with Gasteiger partial charge >= 0.3 is 0 Å². The van der Waals surface area contributed by atoms with E-state index in [9.17, 15) is 0 Å². The van der Waals surface area contributed by atoms with Crippen LogP contribution in [-0.2, 0) is 6.54 Å². The molecule has 21 heavy (non-hydrogen) atoms. The molecule has 0 radical (unpaired) electrons. The highest BCUT2D eigenvalue weighted by Gasteiger charge is 2.19. The number of aromatic nitrogens is 1. The number of allylic oxidation sites excluding steroid dienone is 2. The van der Waals surface area contributed by atoms with Gasteiger partial charge in [-0.25, -0.2) is 4.98 Å². The minimum atomic E-state index is 0.614. The Balaban J connectivity index is 1.86. The van der Waals surface area contributed by atoms with Crippen LogP contribution in [0.4, 0.5) is 0 Å². The molecule has 1 aliphatic carbocycles. The molecular weight excluding hydrogens is 260 g/mol. The van der Waals surface area contributed by atoms with Crippen molar-refractivity contribution in [3.63, 3.8) is 0 Å². The summed E-state index contributed by atoms with van der Waals surface area (Å²) in [5.74, 6) is 2.07. The van der Waals surface area contributed by atoms with Gasteiger partial charge in [0.05, 0.1) is 6.61 Å². The van der Waals surface area contributed by atoms with Crippen LogP contribution in [0.25, 0.3) is 0 Å². The van der Waals surface area contributed by atoms with E-state index in [0.717, 1.165) is 44.1 Å². The van der Waals surface area contributed by atoms with Crippen molar-refractivity contribution >= 4 is 0 Å². The molecule has 0 saturated heterocycles. The van der Waals surface area contributed by atoms with Crippen LogP contribution in [0.5, 0.6) is 5.88 Å². The van der Waals surface area contributed by atoms with Gasteiger partial charge in [0.15, 0.2) is 0 Å². The summed E-state index contributed by atoms with van der Waals surface area (Å²) < 4.78 is 5.91. The molecule has 0 spiro atoms. The third-order valence-electron chi connectivity index (χ3n) is 4.28. The Hall–Kier alpha value is -1.35. The van der Waals surface area contributed by atoms with Crippen molar-refractivity contribution in [2.24, 2.45) is 11.8 Å². The number of aryl methyl sites for hydroxylation is 1. The maximum absolute atomic E-state index is 5.91. The largest absolute Gasteiger partial charge is 0.477 e. The minimum absolute atomic E-state index is 0.614.